The van der Waals surface area contributed by atoms with Gasteiger partial charge in [0.2, 0.25) is 0 Å². The molecule has 2 nitrogen and oxygen atoms in total. The number of carbonyl (C=O) groups is 2. The Labute approximate surface area is 245 Å². The van der Waals surface area contributed by atoms with Crippen LogP contribution in [0.2, 0.25) is 0 Å². The molecule has 0 heterocycles. The molecule has 0 spiro atoms. The summed E-state index contributed by atoms with van der Waals surface area (Å²) in [4.78, 5) is 25.2. The fraction of sp³-hybridized carbons (Fsp3) is 0.333. The van der Waals surface area contributed by atoms with Crippen LogP contribution in [0.5, 0.6) is 0 Å². The van der Waals surface area contributed by atoms with Crippen LogP contribution in [0.1, 0.15) is 91.3 Å². The van der Waals surface area contributed by atoms with E-state index in [1.54, 1.807) is 0 Å². The molecule has 0 radical (unpaired) electrons. The predicted molar refractivity (Wildman–Crippen MR) is 171 cm³/mol. The first-order valence-electron chi connectivity index (χ1n) is 15.2. The van der Waals surface area contributed by atoms with Crippen LogP contribution in [-0.4, -0.2) is 11.6 Å². The summed E-state index contributed by atoms with van der Waals surface area (Å²) in [5, 5.41) is 0. The number of hydrogen-bond donors (Lipinski definition) is 0. The summed E-state index contributed by atoms with van der Waals surface area (Å²) < 4.78 is 0. The van der Waals surface area contributed by atoms with E-state index in [-0.39, 0.29) is 17.3 Å². The predicted octanol–water partition coefficient (Wildman–Crippen LogP) is 9.92. The molecular formula is C39H42O2. The van der Waals surface area contributed by atoms with Crippen molar-refractivity contribution < 1.29 is 9.59 Å². The lowest BCUT2D eigenvalue weighted by molar-refractivity contribution is 0.0925. The Balaban J connectivity index is 0.000000166. The Bertz CT molecular complexity index is 1540. The third-order valence-corrected chi connectivity index (χ3v) is 8.75. The fourth-order valence-corrected chi connectivity index (χ4v) is 6.41. The van der Waals surface area contributed by atoms with Gasteiger partial charge in [-0.05, 0) is 70.0 Å². The summed E-state index contributed by atoms with van der Waals surface area (Å²) >= 11 is 0. The average molecular weight is 543 g/mol. The average Bonchev–Trinajstić information content (AvgIpc) is 3.49. The minimum absolute atomic E-state index is 0.153. The smallest absolute Gasteiger partial charge is 0.167 e. The van der Waals surface area contributed by atoms with Crippen molar-refractivity contribution in [2.24, 2.45) is 11.8 Å². The second-order valence-electron chi connectivity index (χ2n) is 12.6. The summed E-state index contributed by atoms with van der Waals surface area (Å²) in [5.41, 5.74) is 10.3. The van der Waals surface area contributed by atoms with Crippen molar-refractivity contribution in [2.75, 3.05) is 0 Å². The Morgan fingerprint density at radius 3 is 1.63 bits per heavy atom. The number of carbonyl (C=O) groups excluding carboxylic acids is 2. The third-order valence-electron chi connectivity index (χ3n) is 8.75. The third kappa shape index (κ3) is 5.84. The Hall–Kier alpha value is -3.78. The van der Waals surface area contributed by atoms with Crippen LogP contribution < -0.4 is 0 Å². The minimum Gasteiger partial charge on any atom is -0.294 e. The van der Waals surface area contributed by atoms with Crippen LogP contribution >= 0.6 is 0 Å². The molecule has 0 amide bonds. The van der Waals surface area contributed by atoms with Crippen molar-refractivity contribution >= 4 is 11.6 Å². The van der Waals surface area contributed by atoms with Gasteiger partial charge in [-0.1, -0.05) is 132 Å². The first-order chi connectivity index (χ1) is 19.7. The molecule has 41 heavy (non-hydrogen) atoms. The molecule has 0 N–H and O–H groups in total. The van der Waals surface area contributed by atoms with Gasteiger partial charge in [0, 0.05) is 23.0 Å². The lowest BCUT2D eigenvalue weighted by atomic mass is 9.85. The van der Waals surface area contributed by atoms with Crippen molar-refractivity contribution in [1.29, 1.82) is 0 Å². The van der Waals surface area contributed by atoms with Gasteiger partial charge in [0.25, 0.3) is 0 Å². The minimum atomic E-state index is 0.153. The van der Waals surface area contributed by atoms with Crippen molar-refractivity contribution in [1.82, 2.24) is 0 Å². The normalized spacial score (nSPS) is 17.6. The quantitative estimate of drug-likeness (QED) is 0.251. The number of ketones is 2. The summed E-state index contributed by atoms with van der Waals surface area (Å²) in [6.07, 6.45) is 4.82. The molecule has 0 saturated carbocycles. The molecule has 4 aromatic rings. The lowest BCUT2D eigenvalue weighted by Gasteiger charge is -2.19. The molecule has 2 atom stereocenters. The summed E-state index contributed by atoms with van der Waals surface area (Å²) in [6.45, 7) is 10.9. The Morgan fingerprint density at radius 1 is 0.610 bits per heavy atom. The highest BCUT2D eigenvalue weighted by Gasteiger charge is 2.32. The van der Waals surface area contributed by atoms with Gasteiger partial charge in [-0.3, -0.25) is 9.59 Å². The maximum Gasteiger partial charge on any atom is 0.167 e. The molecule has 2 unspecified atom stereocenters. The van der Waals surface area contributed by atoms with Crippen molar-refractivity contribution in [3.05, 3.63) is 119 Å². The Kier molecular flexibility index (Phi) is 8.40. The molecule has 0 aromatic heterocycles. The zero-order valence-corrected chi connectivity index (χ0v) is 25.2. The van der Waals surface area contributed by atoms with E-state index in [0.717, 1.165) is 65.5 Å². The molecule has 0 bridgehead atoms. The van der Waals surface area contributed by atoms with E-state index in [9.17, 15) is 9.59 Å². The number of Topliss-reactive ketones (excluding diaryl/α,β-unsaturated/α-hetero) is 2. The van der Waals surface area contributed by atoms with Gasteiger partial charge in [0.05, 0.1) is 0 Å². The van der Waals surface area contributed by atoms with Gasteiger partial charge in [0.15, 0.2) is 11.6 Å². The van der Waals surface area contributed by atoms with E-state index in [4.69, 9.17) is 0 Å². The van der Waals surface area contributed by atoms with E-state index < -0.39 is 0 Å². The highest BCUT2D eigenvalue weighted by molar-refractivity contribution is 6.08. The fourth-order valence-electron chi connectivity index (χ4n) is 6.41. The van der Waals surface area contributed by atoms with Gasteiger partial charge in [-0.25, -0.2) is 0 Å². The highest BCUT2D eigenvalue weighted by Crippen LogP contribution is 2.38. The summed E-state index contributed by atoms with van der Waals surface area (Å²) in [7, 11) is 0. The van der Waals surface area contributed by atoms with Crippen LogP contribution in [-0.2, 0) is 18.3 Å². The van der Waals surface area contributed by atoms with Crippen molar-refractivity contribution in [3.63, 3.8) is 0 Å². The summed E-state index contributed by atoms with van der Waals surface area (Å²) in [6, 6.07) is 31.4. The van der Waals surface area contributed by atoms with Crippen LogP contribution in [0.4, 0.5) is 0 Å². The van der Waals surface area contributed by atoms with E-state index >= 15 is 0 Å². The van der Waals surface area contributed by atoms with Crippen molar-refractivity contribution in [3.8, 4) is 22.3 Å². The topological polar surface area (TPSA) is 34.1 Å². The molecule has 2 aliphatic rings. The second kappa shape index (κ2) is 12.0. The first-order valence-corrected chi connectivity index (χ1v) is 15.2. The number of benzene rings is 4. The van der Waals surface area contributed by atoms with Crippen LogP contribution in [0.25, 0.3) is 22.3 Å². The number of fused-ring (bicyclic) bond motifs is 2. The monoisotopic (exact) mass is 542 g/mol. The van der Waals surface area contributed by atoms with Gasteiger partial charge in [-0.2, -0.15) is 0 Å². The zero-order chi connectivity index (χ0) is 29.1. The number of hydrogen-bond acceptors (Lipinski definition) is 2. The van der Waals surface area contributed by atoms with Gasteiger partial charge in [-0.15, -0.1) is 0 Å². The maximum absolute atomic E-state index is 12.6. The SMILES string of the molecule is CCC1Cc2cccc(-c3ccc(C(C)(C)C)cc3)c2C1=O.CCCC1Cc2cccc(-c3ccccc3)c2C1=O. The van der Waals surface area contributed by atoms with Crippen LogP contribution in [0.3, 0.4) is 0 Å². The number of rotatable bonds is 5. The molecule has 4 aromatic carbocycles. The van der Waals surface area contributed by atoms with Gasteiger partial charge < -0.3 is 0 Å². The molecular weight excluding hydrogens is 500 g/mol. The molecule has 0 aliphatic heterocycles. The standard InChI is InChI=1S/C21H24O.C18H18O/c1-5-14-13-16-7-6-8-18(19(16)20(14)22)15-9-11-17(12-10-15)21(2,3)4;1-2-7-15-12-14-10-6-11-16(17(14)18(15)19)13-8-4-3-5-9-13/h6-12,14H,5,13H2,1-4H3;3-6,8-11,15H,2,7,12H2,1H3. The van der Waals surface area contributed by atoms with E-state index in [1.165, 1.54) is 16.7 Å². The van der Waals surface area contributed by atoms with Gasteiger partial charge in [0.1, 0.15) is 0 Å². The van der Waals surface area contributed by atoms with Gasteiger partial charge >= 0.3 is 0 Å². The Morgan fingerprint density at radius 2 is 1.12 bits per heavy atom. The zero-order valence-electron chi connectivity index (χ0n) is 25.2. The molecule has 0 saturated heterocycles. The van der Waals surface area contributed by atoms with E-state index in [0.29, 0.717) is 11.6 Å². The second-order valence-corrected chi connectivity index (χ2v) is 12.6. The van der Waals surface area contributed by atoms with E-state index in [2.05, 4.69) is 107 Å². The molecule has 2 aliphatic carbocycles. The molecule has 0 fully saturated rings. The van der Waals surface area contributed by atoms with Crippen LogP contribution in [0, 0.1) is 11.8 Å². The maximum atomic E-state index is 12.6. The highest BCUT2D eigenvalue weighted by atomic mass is 16.1. The lowest BCUT2D eigenvalue weighted by Crippen LogP contribution is -2.10. The molecule has 6 rings (SSSR count). The molecule has 210 valence electrons. The first kappa shape index (κ1) is 28.7. The largest absolute Gasteiger partial charge is 0.294 e. The van der Waals surface area contributed by atoms with Crippen molar-refractivity contribution in [2.45, 2.75) is 72.1 Å². The van der Waals surface area contributed by atoms with Crippen LogP contribution in [0.15, 0.2) is 91.0 Å². The molecule has 2 heteroatoms. The summed E-state index contributed by atoms with van der Waals surface area (Å²) in [5.74, 6) is 1.04. The van der Waals surface area contributed by atoms with E-state index in [1.807, 2.05) is 18.2 Å².